The van der Waals surface area contributed by atoms with Crippen LogP contribution in [0.2, 0.25) is 0 Å². The van der Waals surface area contributed by atoms with Gasteiger partial charge < -0.3 is 5.32 Å². The predicted octanol–water partition coefficient (Wildman–Crippen LogP) is 4.98. The molecule has 0 saturated carbocycles. The molecule has 1 N–H and O–H groups in total. The molecule has 0 radical (unpaired) electrons. The number of pyridine rings is 2. The van der Waals surface area contributed by atoms with Crippen molar-refractivity contribution in [3.63, 3.8) is 0 Å². The summed E-state index contributed by atoms with van der Waals surface area (Å²) in [6.45, 7) is 8.11. The van der Waals surface area contributed by atoms with Crippen LogP contribution in [0.4, 0.5) is 4.39 Å². The maximum absolute atomic E-state index is 13.6. The number of nitrogens with one attached hydrogen (secondary N) is 1. The molecule has 3 heterocycles. The van der Waals surface area contributed by atoms with Gasteiger partial charge in [0.15, 0.2) is 5.65 Å². The van der Waals surface area contributed by atoms with Crippen LogP contribution in [-0.2, 0) is 0 Å². The molecule has 0 spiro atoms. The predicted molar refractivity (Wildman–Crippen MR) is 113 cm³/mol. The molecule has 0 bridgehead atoms. The highest BCUT2D eigenvalue weighted by Crippen LogP contribution is 2.28. The van der Waals surface area contributed by atoms with E-state index in [4.69, 9.17) is 0 Å². The molecule has 5 nitrogen and oxygen atoms in total. The molecule has 6 heteroatoms. The topological polar surface area (TPSA) is 55.1 Å². The zero-order chi connectivity index (χ0) is 20.4. The molecular formula is C23H22FN5. The Balaban J connectivity index is 1.66. The number of allylic oxidation sites excluding steroid dienone is 4. The third-order valence-electron chi connectivity index (χ3n) is 4.96. The molecule has 0 amide bonds. The number of aromatic nitrogens is 4. The fraction of sp³-hybridized carbons (Fsp3) is 0.174. The quantitative estimate of drug-likeness (QED) is 0.671. The number of aryl methyl sites for hydroxylation is 1. The summed E-state index contributed by atoms with van der Waals surface area (Å²) in [6, 6.07) is 6.07. The third kappa shape index (κ3) is 3.87. The summed E-state index contributed by atoms with van der Waals surface area (Å²) in [4.78, 5) is 8.84. The van der Waals surface area contributed by atoms with Crippen molar-refractivity contribution < 1.29 is 4.39 Å². The summed E-state index contributed by atoms with van der Waals surface area (Å²) in [5.41, 5.74) is 7.06. The average Bonchev–Trinajstić information content (AvgIpc) is 3.18. The van der Waals surface area contributed by atoms with Gasteiger partial charge in [-0.05, 0) is 55.7 Å². The van der Waals surface area contributed by atoms with E-state index in [0.717, 1.165) is 39.3 Å². The molecule has 3 aromatic rings. The van der Waals surface area contributed by atoms with Gasteiger partial charge >= 0.3 is 0 Å². The van der Waals surface area contributed by atoms with Crippen LogP contribution in [0.25, 0.3) is 16.9 Å². The molecule has 0 aliphatic heterocycles. The van der Waals surface area contributed by atoms with Crippen LogP contribution < -0.4 is 5.32 Å². The molecule has 1 aliphatic carbocycles. The fourth-order valence-electron chi connectivity index (χ4n) is 3.43. The van der Waals surface area contributed by atoms with E-state index in [2.05, 4.69) is 39.1 Å². The average molecular weight is 387 g/mol. The van der Waals surface area contributed by atoms with Gasteiger partial charge in [-0.1, -0.05) is 18.7 Å². The molecular weight excluding hydrogens is 365 g/mol. The lowest BCUT2D eigenvalue weighted by Gasteiger charge is -2.16. The normalized spacial score (nSPS) is 14.5. The largest absolute Gasteiger partial charge is 0.356 e. The van der Waals surface area contributed by atoms with E-state index in [0.29, 0.717) is 18.5 Å². The van der Waals surface area contributed by atoms with Crippen molar-refractivity contribution in [3.05, 3.63) is 95.6 Å². The summed E-state index contributed by atoms with van der Waals surface area (Å²) in [5, 5.41) is 7.35. The first-order valence-electron chi connectivity index (χ1n) is 9.51. The van der Waals surface area contributed by atoms with Crippen molar-refractivity contribution in [3.8, 4) is 0 Å². The van der Waals surface area contributed by atoms with Gasteiger partial charge in [0.2, 0.25) is 0 Å². The van der Waals surface area contributed by atoms with E-state index in [9.17, 15) is 4.39 Å². The Hall–Kier alpha value is -3.54. The summed E-state index contributed by atoms with van der Waals surface area (Å²) in [6.07, 6.45) is 11.9. The van der Waals surface area contributed by atoms with E-state index in [1.54, 1.807) is 10.7 Å². The third-order valence-corrected chi connectivity index (χ3v) is 4.96. The van der Waals surface area contributed by atoms with Gasteiger partial charge in [-0.15, -0.1) is 0 Å². The SMILES string of the molecule is C=C(NC1=CCCC(F)=C1)c1cnc(C)c(/C(=C\C)c2ccn3ncnc3c2)c1. The molecule has 0 fully saturated rings. The van der Waals surface area contributed by atoms with E-state index in [-0.39, 0.29) is 5.83 Å². The van der Waals surface area contributed by atoms with Gasteiger partial charge in [-0.3, -0.25) is 4.98 Å². The molecule has 1 aliphatic rings. The number of hydrogen-bond acceptors (Lipinski definition) is 4. The van der Waals surface area contributed by atoms with Gasteiger partial charge in [0.05, 0.1) is 0 Å². The highest BCUT2D eigenvalue weighted by molar-refractivity contribution is 5.83. The van der Waals surface area contributed by atoms with E-state index in [1.165, 1.54) is 12.4 Å². The van der Waals surface area contributed by atoms with Crippen molar-refractivity contribution in [2.75, 3.05) is 0 Å². The Bertz CT molecular complexity index is 1180. The lowest BCUT2D eigenvalue weighted by Crippen LogP contribution is -2.12. The van der Waals surface area contributed by atoms with Crippen LogP contribution in [0, 0.1) is 6.92 Å². The minimum Gasteiger partial charge on any atom is -0.356 e. The van der Waals surface area contributed by atoms with E-state index in [1.807, 2.05) is 38.3 Å². The molecule has 0 saturated heterocycles. The highest BCUT2D eigenvalue weighted by atomic mass is 19.1. The second kappa shape index (κ2) is 7.83. The molecule has 0 unspecified atom stereocenters. The lowest BCUT2D eigenvalue weighted by molar-refractivity contribution is 0.583. The first-order chi connectivity index (χ1) is 14.0. The number of rotatable bonds is 5. The van der Waals surface area contributed by atoms with Crippen molar-refractivity contribution in [1.82, 2.24) is 24.9 Å². The second-order valence-corrected chi connectivity index (χ2v) is 6.93. The Morgan fingerprint density at radius 2 is 2.14 bits per heavy atom. The Labute approximate surface area is 169 Å². The minimum atomic E-state index is -0.120. The van der Waals surface area contributed by atoms with Gasteiger partial charge in [0, 0.05) is 47.0 Å². The molecule has 146 valence electrons. The summed E-state index contributed by atoms with van der Waals surface area (Å²) < 4.78 is 15.3. The summed E-state index contributed by atoms with van der Waals surface area (Å²) in [7, 11) is 0. The van der Waals surface area contributed by atoms with Gasteiger partial charge in [-0.2, -0.15) is 5.10 Å². The van der Waals surface area contributed by atoms with E-state index < -0.39 is 0 Å². The standard InChI is InChI=1S/C23H22FN5/c1-4-21(17-8-9-29-23(11-17)26-14-27-29)22-10-18(13-25-16(22)3)15(2)28-20-7-5-6-19(24)12-20/h4,7-14,28H,2,5-6H2,1,3H3/b21-4-. The van der Waals surface area contributed by atoms with Crippen molar-refractivity contribution in [1.29, 1.82) is 0 Å². The van der Waals surface area contributed by atoms with Crippen LogP contribution in [0.5, 0.6) is 0 Å². The number of hydrogen-bond donors (Lipinski definition) is 1. The number of nitrogens with zero attached hydrogens (tertiary/aromatic N) is 4. The van der Waals surface area contributed by atoms with Crippen molar-refractivity contribution >= 4 is 16.9 Å². The van der Waals surface area contributed by atoms with Crippen molar-refractivity contribution in [2.24, 2.45) is 0 Å². The number of halogens is 1. The zero-order valence-electron chi connectivity index (χ0n) is 16.5. The lowest BCUT2D eigenvalue weighted by atomic mass is 9.95. The van der Waals surface area contributed by atoms with Crippen LogP contribution in [-0.4, -0.2) is 19.6 Å². The summed E-state index contributed by atoms with van der Waals surface area (Å²) >= 11 is 0. The highest BCUT2D eigenvalue weighted by Gasteiger charge is 2.13. The first-order valence-corrected chi connectivity index (χ1v) is 9.51. The molecule has 29 heavy (non-hydrogen) atoms. The van der Waals surface area contributed by atoms with Crippen LogP contribution >= 0.6 is 0 Å². The maximum Gasteiger partial charge on any atom is 0.155 e. The first kappa shape index (κ1) is 18.8. The zero-order valence-corrected chi connectivity index (χ0v) is 16.5. The van der Waals surface area contributed by atoms with E-state index >= 15 is 0 Å². The summed E-state index contributed by atoms with van der Waals surface area (Å²) in [5.74, 6) is -0.120. The van der Waals surface area contributed by atoms with Crippen LogP contribution in [0.15, 0.2) is 73.3 Å². The molecule has 0 aromatic carbocycles. The van der Waals surface area contributed by atoms with Gasteiger partial charge in [0.25, 0.3) is 0 Å². The molecule has 4 rings (SSSR count). The van der Waals surface area contributed by atoms with Crippen LogP contribution in [0.1, 0.15) is 42.1 Å². The van der Waals surface area contributed by atoms with Crippen molar-refractivity contribution in [2.45, 2.75) is 26.7 Å². The van der Waals surface area contributed by atoms with Gasteiger partial charge in [0.1, 0.15) is 12.2 Å². The Morgan fingerprint density at radius 1 is 1.28 bits per heavy atom. The monoisotopic (exact) mass is 387 g/mol. The smallest absolute Gasteiger partial charge is 0.155 e. The maximum atomic E-state index is 13.6. The molecule has 3 aromatic heterocycles. The van der Waals surface area contributed by atoms with Gasteiger partial charge in [-0.25, -0.2) is 13.9 Å². The Kier molecular flexibility index (Phi) is 5.08. The fourth-order valence-corrected chi connectivity index (χ4v) is 3.43. The Morgan fingerprint density at radius 3 is 2.93 bits per heavy atom. The minimum absolute atomic E-state index is 0.120. The molecule has 0 atom stereocenters. The second-order valence-electron chi connectivity index (χ2n) is 6.93. The van der Waals surface area contributed by atoms with Crippen LogP contribution in [0.3, 0.4) is 0 Å². The number of fused-ring (bicyclic) bond motifs is 1.